The van der Waals surface area contributed by atoms with E-state index in [-0.39, 0.29) is 5.56 Å². The van der Waals surface area contributed by atoms with E-state index in [1.165, 1.54) is 36.8 Å². The average Bonchev–Trinajstić information content (AvgIpc) is 2.86. The summed E-state index contributed by atoms with van der Waals surface area (Å²) in [4.78, 5) is 19.1. The molecule has 0 unspecified atom stereocenters. The molecule has 3 aromatic heterocycles. The van der Waals surface area contributed by atoms with Crippen molar-refractivity contribution in [3.63, 3.8) is 0 Å². The van der Waals surface area contributed by atoms with Crippen LogP contribution in [0.1, 0.15) is 10.4 Å². The van der Waals surface area contributed by atoms with Gasteiger partial charge in [-0.2, -0.15) is 18.3 Å². The zero-order chi connectivity index (χ0) is 16.6. The lowest BCUT2D eigenvalue weighted by atomic mass is 10.1. The zero-order valence-electron chi connectivity index (χ0n) is 11.4. The van der Waals surface area contributed by atoms with Gasteiger partial charge in [0.2, 0.25) is 0 Å². The lowest BCUT2D eigenvalue weighted by molar-refractivity contribution is -0.142. The molecule has 3 rings (SSSR count). The highest BCUT2D eigenvalue weighted by Crippen LogP contribution is 2.22. The van der Waals surface area contributed by atoms with Crippen LogP contribution < -0.4 is 0 Å². The van der Waals surface area contributed by atoms with Gasteiger partial charge >= 0.3 is 12.1 Å². The van der Waals surface area contributed by atoms with E-state index in [0.29, 0.717) is 22.3 Å². The maximum absolute atomic E-state index is 12.4. The molecule has 0 bridgehead atoms. The second kappa shape index (κ2) is 5.34. The minimum absolute atomic E-state index is 0.0460. The highest BCUT2D eigenvalue weighted by Gasteiger charge is 2.28. The molecule has 6 nitrogen and oxygen atoms in total. The zero-order valence-corrected chi connectivity index (χ0v) is 11.4. The molecule has 0 fully saturated rings. The number of rotatable bonds is 3. The Kier molecular flexibility index (Phi) is 3.47. The first kappa shape index (κ1) is 14.9. The molecular formula is C14H9F3N4O2. The fraction of sp³-hybridized carbons (Fsp3) is 0.143. The maximum atomic E-state index is 12.4. The number of halogens is 3. The van der Waals surface area contributed by atoms with Gasteiger partial charge in [0.1, 0.15) is 12.1 Å². The van der Waals surface area contributed by atoms with Gasteiger partial charge in [0.25, 0.3) is 0 Å². The van der Waals surface area contributed by atoms with E-state index in [0.717, 1.165) is 4.68 Å². The molecule has 23 heavy (non-hydrogen) atoms. The number of pyridine rings is 2. The molecule has 0 amide bonds. The van der Waals surface area contributed by atoms with Crippen molar-refractivity contribution in [2.24, 2.45) is 0 Å². The minimum Gasteiger partial charge on any atom is -0.478 e. The van der Waals surface area contributed by atoms with Gasteiger partial charge in [-0.1, -0.05) is 0 Å². The Balaban J connectivity index is 2.00. The molecule has 3 aromatic rings. The van der Waals surface area contributed by atoms with Gasteiger partial charge in [-0.25, -0.2) is 4.79 Å². The summed E-state index contributed by atoms with van der Waals surface area (Å²) in [5.41, 5.74) is 1.03. The second-order valence-corrected chi connectivity index (χ2v) is 4.81. The molecule has 1 N–H and O–H groups in total. The lowest BCUT2D eigenvalue weighted by Gasteiger charge is -2.04. The summed E-state index contributed by atoms with van der Waals surface area (Å²) >= 11 is 0. The molecule has 0 radical (unpaired) electrons. The molecule has 0 aliphatic rings. The van der Waals surface area contributed by atoms with Gasteiger partial charge in [0.15, 0.2) is 0 Å². The van der Waals surface area contributed by atoms with Crippen LogP contribution >= 0.6 is 0 Å². The molecular weight excluding hydrogens is 313 g/mol. The Labute approximate surface area is 127 Å². The van der Waals surface area contributed by atoms with Crippen molar-refractivity contribution in [3.05, 3.63) is 42.4 Å². The van der Waals surface area contributed by atoms with Gasteiger partial charge < -0.3 is 5.11 Å². The number of alkyl halides is 3. The van der Waals surface area contributed by atoms with Gasteiger partial charge in [-0.3, -0.25) is 14.6 Å². The molecule has 0 atom stereocenters. The number of aromatic nitrogens is 4. The maximum Gasteiger partial charge on any atom is 0.408 e. The largest absolute Gasteiger partial charge is 0.478 e. The molecule has 0 saturated carbocycles. The third kappa shape index (κ3) is 3.28. The van der Waals surface area contributed by atoms with Crippen molar-refractivity contribution in [1.82, 2.24) is 19.7 Å². The van der Waals surface area contributed by atoms with Crippen LogP contribution in [0.25, 0.3) is 22.3 Å². The Morgan fingerprint density at radius 1 is 1.22 bits per heavy atom. The van der Waals surface area contributed by atoms with Crippen molar-refractivity contribution in [2.75, 3.05) is 0 Å². The molecule has 0 aliphatic heterocycles. The number of hydrogen-bond donors (Lipinski definition) is 1. The van der Waals surface area contributed by atoms with Crippen LogP contribution in [0.5, 0.6) is 0 Å². The number of aromatic carboxylic acids is 1. The third-order valence-corrected chi connectivity index (χ3v) is 3.05. The summed E-state index contributed by atoms with van der Waals surface area (Å²) in [6, 6.07) is 4.20. The fourth-order valence-electron chi connectivity index (χ4n) is 2.09. The van der Waals surface area contributed by atoms with Crippen LogP contribution in [0, 0.1) is 0 Å². The van der Waals surface area contributed by atoms with Crippen LogP contribution in [0.15, 0.2) is 36.8 Å². The Bertz CT molecular complexity index is 889. The van der Waals surface area contributed by atoms with E-state index in [4.69, 9.17) is 5.11 Å². The van der Waals surface area contributed by atoms with Crippen molar-refractivity contribution in [2.45, 2.75) is 12.7 Å². The molecule has 0 spiro atoms. The van der Waals surface area contributed by atoms with E-state index in [1.807, 2.05) is 0 Å². The van der Waals surface area contributed by atoms with Crippen LogP contribution in [-0.2, 0) is 6.54 Å². The number of fused-ring (bicyclic) bond motifs is 1. The highest BCUT2D eigenvalue weighted by molar-refractivity contribution is 5.89. The molecule has 9 heteroatoms. The SMILES string of the molecule is O=C(O)c1ccnc(-c2cc3cn(CC(F)(F)F)nc3cn2)c1. The molecule has 3 heterocycles. The molecule has 0 aliphatic carbocycles. The molecule has 0 saturated heterocycles. The number of hydrogen-bond acceptors (Lipinski definition) is 4. The van der Waals surface area contributed by atoms with Crippen molar-refractivity contribution in [1.29, 1.82) is 0 Å². The van der Waals surface area contributed by atoms with Crippen LogP contribution in [0.4, 0.5) is 13.2 Å². The number of carboxylic acids is 1. The monoisotopic (exact) mass is 322 g/mol. The van der Waals surface area contributed by atoms with E-state index >= 15 is 0 Å². The lowest BCUT2D eigenvalue weighted by Crippen LogP contribution is -2.17. The third-order valence-electron chi connectivity index (χ3n) is 3.05. The Hall–Kier alpha value is -2.97. The summed E-state index contributed by atoms with van der Waals surface area (Å²) in [6.45, 7) is -1.19. The van der Waals surface area contributed by atoms with Crippen molar-refractivity contribution in [3.8, 4) is 11.4 Å². The number of carboxylic acid groups (broad SMARTS) is 1. The average molecular weight is 322 g/mol. The summed E-state index contributed by atoms with van der Waals surface area (Å²) in [5.74, 6) is -1.10. The first-order chi connectivity index (χ1) is 10.8. The predicted octanol–water partition coefficient (Wildman–Crippen LogP) is 2.75. The van der Waals surface area contributed by atoms with Crippen molar-refractivity contribution >= 4 is 16.9 Å². The van der Waals surface area contributed by atoms with Gasteiger partial charge in [-0.05, 0) is 18.2 Å². The molecule has 0 aromatic carbocycles. The van der Waals surface area contributed by atoms with E-state index in [2.05, 4.69) is 15.1 Å². The number of carbonyl (C=O) groups is 1. The molecule has 118 valence electrons. The summed E-state index contributed by atoms with van der Waals surface area (Å²) < 4.78 is 38.0. The minimum atomic E-state index is -4.37. The summed E-state index contributed by atoms with van der Waals surface area (Å²) in [7, 11) is 0. The Morgan fingerprint density at radius 3 is 2.65 bits per heavy atom. The highest BCUT2D eigenvalue weighted by atomic mass is 19.4. The fourth-order valence-corrected chi connectivity index (χ4v) is 2.09. The summed E-state index contributed by atoms with van der Waals surface area (Å²) in [6.07, 6.45) is -0.449. The summed E-state index contributed by atoms with van der Waals surface area (Å²) in [5, 5.41) is 13.2. The van der Waals surface area contributed by atoms with E-state index in [1.54, 1.807) is 0 Å². The van der Waals surface area contributed by atoms with E-state index < -0.39 is 18.7 Å². The number of nitrogens with zero attached hydrogens (tertiary/aromatic N) is 4. The first-order valence-electron chi connectivity index (χ1n) is 6.41. The predicted molar refractivity (Wildman–Crippen MR) is 73.8 cm³/mol. The van der Waals surface area contributed by atoms with Crippen LogP contribution in [0.2, 0.25) is 0 Å². The Morgan fingerprint density at radius 2 is 1.96 bits per heavy atom. The second-order valence-electron chi connectivity index (χ2n) is 4.81. The van der Waals surface area contributed by atoms with Gasteiger partial charge in [0, 0.05) is 17.8 Å². The smallest absolute Gasteiger partial charge is 0.408 e. The van der Waals surface area contributed by atoms with Crippen LogP contribution in [-0.4, -0.2) is 37.0 Å². The van der Waals surface area contributed by atoms with Crippen molar-refractivity contribution < 1.29 is 23.1 Å². The topological polar surface area (TPSA) is 80.9 Å². The van der Waals surface area contributed by atoms with Gasteiger partial charge in [0.05, 0.1) is 23.1 Å². The van der Waals surface area contributed by atoms with Crippen LogP contribution in [0.3, 0.4) is 0 Å². The quantitative estimate of drug-likeness (QED) is 0.802. The van der Waals surface area contributed by atoms with Gasteiger partial charge in [-0.15, -0.1) is 0 Å². The first-order valence-corrected chi connectivity index (χ1v) is 6.41. The van der Waals surface area contributed by atoms with E-state index in [9.17, 15) is 18.0 Å². The standard InChI is InChI=1S/C14H9F3N4O2/c15-14(16,17)7-21-6-9-4-11(19-5-12(9)20-21)10-3-8(13(22)23)1-2-18-10/h1-6H,7H2,(H,22,23). The normalized spacial score (nSPS) is 11.8.